The van der Waals surface area contributed by atoms with Crippen molar-refractivity contribution in [1.29, 1.82) is 5.26 Å². The Hall–Kier alpha value is -3.86. The number of benzene rings is 2. The zero-order chi connectivity index (χ0) is 23.1. The summed E-state index contributed by atoms with van der Waals surface area (Å²) in [6.07, 6.45) is 0.682. The maximum Gasteiger partial charge on any atom is 0.329 e. The van der Waals surface area contributed by atoms with E-state index in [2.05, 4.69) is 4.98 Å². The molecule has 8 nitrogen and oxygen atoms in total. The quantitative estimate of drug-likeness (QED) is 0.472. The Labute approximate surface area is 187 Å². The lowest BCUT2D eigenvalue weighted by Gasteiger charge is -2.22. The van der Waals surface area contributed by atoms with Crippen LogP contribution in [-0.4, -0.2) is 50.4 Å². The summed E-state index contributed by atoms with van der Waals surface area (Å²) >= 11 is 0. The van der Waals surface area contributed by atoms with Gasteiger partial charge in [0.1, 0.15) is 5.69 Å². The second-order valence-electron chi connectivity index (χ2n) is 7.10. The molecule has 1 atom stereocenters. The summed E-state index contributed by atoms with van der Waals surface area (Å²) in [5.41, 5.74) is 2.64. The number of fused-ring (bicyclic) bond motifs is 1. The third-order valence-corrected chi connectivity index (χ3v) is 5.05. The van der Waals surface area contributed by atoms with Crippen molar-refractivity contribution >= 4 is 22.8 Å². The highest BCUT2D eigenvalue weighted by Gasteiger charge is 2.29. The van der Waals surface area contributed by atoms with Crippen LogP contribution < -0.4 is 14.4 Å². The zero-order valence-corrected chi connectivity index (χ0v) is 18.7. The van der Waals surface area contributed by atoms with Gasteiger partial charge in [-0.3, -0.25) is 4.79 Å². The van der Waals surface area contributed by atoms with Gasteiger partial charge < -0.3 is 19.1 Å². The fraction of sp³-hybridized carbons (Fsp3) is 0.333. The van der Waals surface area contributed by atoms with Crippen LogP contribution in [-0.2, 0) is 16.0 Å². The molecule has 0 amide bonds. The summed E-state index contributed by atoms with van der Waals surface area (Å²) < 4.78 is 15.8. The molecule has 0 aliphatic rings. The minimum atomic E-state index is -1.16. The first-order valence-electron chi connectivity index (χ1n) is 10.3. The van der Waals surface area contributed by atoms with Crippen molar-refractivity contribution in [3.63, 3.8) is 0 Å². The van der Waals surface area contributed by atoms with E-state index in [1.165, 1.54) is 0 Å². The highest BCUT2D eigenvalue weighted by molar-refractivity contribution is 5.85. The molecule has 32 heavy (non-hydrogen) atoms. The smallest absolute Gasteiger partial charge is 0.329 e. The predicted octanol–water partition coefficient (Wildman–Crippen LogP) is 3.50. The summed E-state index contributed by atoms with van der Waals surface area (Å²) in [6, 6.07) is 15.2. The van der Waals surface area contributed by atoms with E-state index in [9.17, 15) is 10.1 Å². The van der Waals surface area contributed by atoms with Crippen molar-refractivity contribution in [3.05, 3.63) is 53.7 Å². The predicted molar refractivity (Wildman–Crippen MR) is 121 cm³/mol. The summed E-state index contributed by atoms with van der Waals surface area (Å²) in [5.74, 6) is 0.00719. The number of methoxy groups -OCH3 is 2. The first-order chi connectivity index (χ1) is 15.5. The first-order valence-corrected chi connectivity index (χ1v) is 10.3. The molecule has 0 radical (unpaired) electrons. The van der Waals surface area contributed by atoms with Crippen LogP contribution in [0.2, 0.25) is 0 Å². The van der Waals surface area contributed by atoms with E-state index in [0.717, 1.165) is 5.56 Å². The third-order valence-electron chi connectivity index (χ3n) is 5.05. The Morgan fingerprint density at radius 2 is 1.78 bits per heavy atom. The second-order valence-corrected chi connectivity index (χ2v) is 7.10. The van der Waals surface area contributed by atoms with Crippen molar-refractivity contribution in [2.45, 2.75) is 19.3 Å². The van der Waals surface area contributed by atoms with Gasteiger partial charge in [-0.25, -0.2) is 9.97 Å². The summed E-state index contributed by atoms with van der Waals surface area (Å²) in [4.78, 5) is 23.7. The SMILES string of the molecule is CCOC(=O)[C@@H](C#N)c1nc2ccccc2nc1N(C)CCc1ccc(OC)c(OC)c1. The van der Waals surface area contributed by atoms with Crippen LogP contribution in [0.1, 0.15) is 24.1 Å². The number of aromatic nitrogens is 2. The van der Waals surface area contributed by atoms with Crippen LogP contribution in [0.15, 0.2) is 42.5 Å². The number of carbonyl (C=O) groups excluding carboxylic acids is 1. The minimum Gasteiger partial charge on any atom is -0.493 e. The standard InChI is InChI=1S/C24H26N4O4/c1-5-32-24(29)17(15-25)22-23(27-19-9-7-6-8-18(19)26-22)28(2)13-12-16-10-11-20(30-3)21(14-16)31-4/h6-11,14,17H,5,12-13H2,1-4H3/t17-/m0/s1. The minimum absolute atomic E-state index is 0.183. The van der Waals surface area contributed by atoms with E-state index < -0.39 is 11.9 Å². The normalized spacial score (nSPS) is 11.5. The third kappa shape index (κ3) is 4.89. The molecule has 0 unspecified atom stereocenters. The maximum absolute atomic E-state index is 12.4. The largest absolute Gasteiger partial charge is 0.493 e. The topological polar surface area (TPSA) is 97.6 Å². The van der Waals surface area contributed by atoms with Gasteiger partial charge in [-0.15, -0.1) is 0 Å². The van der Waals surface area contributed by atoms with Crippen molar-refractivity contribution < 1.29 is 19.0 Å². The van der Waals surface area contributed by atoms with Crippen LogP contribution in [0, 0.1) is 11.3 Å². The molecule has 0 saturated carbocycles. The number of hydrogen-bond donors (Lipinski definition) is 0. The lowest BCUT2D eigenvalue weighted by atomic mass is 10.1. The molecule has 3 aromatic rings. The fourth-order valence-electron chi connectivity index (χ4n) is 3.37. The molecule has 2 aromatic carbocycles. The summed E-state index contributed by atoms with van der Waals surface area (Å²) in [7, 11) is 5.06. The molecule has 0 aliphatic heterocycles. The van der Waals surface area contributed by atoms with E-state index in [4.69, 9.17) is 19.2 Å². The van der Waals surface area contributed by atoms with Crippen LogP contribution >= 0.6 is 0 Å². The van der Waals surface area contributed by atoms with Crippen LogP contribution in [0.4, 0.5) is 5.82 Å². The molecule has 3 rings (SSSR count). The van der Waals surface area contributed by atoms with Gasteiger partial charge >= 0.3 is 5.97 Å². The van der Waals surface area contributed by atoms with Gasteiger partial charge in [0.05, 0.1) is 37.9 Å². The Balaban J connectivity index is 1.93. The van der Waals surface area contributed by atoms with E-state index >= 15 is 0 Å². The van der Waals surface area contributed by atoms with Gasteiger partial charge in [0.15, 0.2) is 23.2 Å². The molecule has 1 heterocycles. The van der Waals surface area contributed by atoms with Crippen LogP contribution in [0.5, 0.6) is 11.5 Å². The number of hydrogen-bond acceptors (Lipinski definition) is 8. The average molecular weight is 434 g/mol. The first kappa shape index (κ1) is 22.8. The van der Waals surface area contributed by atoms with Gasteiger partial charge in [-0.1, -0.05) is 18.2 Å². The molecule has 166 valence electrons. The number of ether oxygens (including phenoxy) is 3. The number of para-hydroxylation sites is 2. The molecule has 0 N–H and O–H groups in total. The number of carbonyl (C=O) groups is 1. The Morgan fingerprint density at radius 1 is 1.09 bits per heavy atom. The molecular weight excluding hydrogens is 408 g/mol. The number of likely N-dealkylation sites (N-methyl/N-ethyl adjacent to an activating group) is 1. The number of nitriles is 1. The molecule has 0 spiro atoms. The molecule has 0 saturated heterocycles. The zero-order valence-electron chi connectivity index (χ0n) is 18.7. The lowest BCUT2D eigenvalue weighted by Crippen LogP contribution is -2.26. The maximum atomic E-state index is 12.4. The Morgan fingerprint density at radius 3 is 2.41 bits per heavy atom. The van der Waals surface area contributed by atoms with E-state index in [1.807, 2.05) is 54.4 Å². The molecule has 0 bridgehead atoms. The highest BCUT2D eigenvalue weighted by atomic mass is 16.5. The molecule has 8 heteroatoms. The number of nitrogens with zero attached hydrogens (tertiary/aromatic N) is 4. The Bertz CT molecular complexity index is 1140. The van der Waals surface area contributed by atoms with Gasteiger partial charge in [0.25, 0.3) is 0 Å². The van der Waals surface area contributed by atoms with Crippen molar-refractivity contribution in [3.8, 4) is 17.6 Å². The van der Waals surface area contributed by atoms with E-state index in [1.54, 1.807) is 27.2 Å². The van der Waals surface area contributed by atoms with E-state index in [0.29, 0.717) is 47.0 Å². The molecule has 0 aliphatic carbocycles. The number of rotatable bonds is 9. The summed E-state index contributed by atoms with van der Waals surface area (Å²) in [6.45, 7) is 2.47. The van der Waals surface area contributed by atoms with Gasteiger partial charge in [-0.05, 0) is 43.2 Å². The van der Waals surface area contributed by atoms with Gasteiger partial charge in [0.2, 0.25) is 0 Å². The van der Waals surface area contributed by atoms with E-state index in [-0.39, 0.29) is 6.61 Å². The lowest BCUT2D eigenvalue weighted by molar-refractivity contribution is -0.143. The summed E-state index contributed by atoms with van der Waals surface area (Å²) in [5, 5.41) is 9.71. The highest BCUT2D eigenvalue weighted by Crippen LogP contribution is 2.29. The molecule has 0 fully saturated rings. The molecule has 1 aromatic heterocycles. The second kappa shape index (κ2) is 10.4. The fourth-order valence-corrected chi connectivity index (χ4v) is 3.37. The van der Waals surface area contributed by atoms with Crippen LogP contribution in [0.3, 0.4) is 0 Å². The van der Waals surface area contributed by atoms with Crippen LogP contribution in [0.25, 0.3) is 11.0 Å². The monoisotopic (exact) mass is 434 g/mol. The number of anilines is 1. The Kier molecular flexibility index (Phi) is 7.45. The van der Waals surface area contributed by atoms with Gasteiger partial charge in [0, 0.05) is 13.6 Å². The van der Waals surface area contributed by atoms with Crippen molar-refractivity contribution in [1.82, 2.24) is 9.97 Å². The van der Waals surface area contributed by atoms with Crippen molar-refractivity contribution in [2.24, 2.45) is 0 Å². The van der Waals surface area contributed by atoms with Gasteiger partial charge in [-0.2, -0.15) is 5.26 Å². The number of esters is 1. The molecular formula is C24H26N4O4. The van der Waals surface area contributed by atoms with Crippen molar-refractivity contribution in [2.75, 3.05) is 39.3 Å². The average Bonchev–Trinajstić information content (AvgIpc) is 2.82.